The number of carbonyl (C=O) groups is 1. The van der Waals surface area contributed by atoms with Crippen LogP contribution in [0.4, 0.5) is 0 Å². The smallest absolute Gasteiger partial charge is 0.237 e. The van der Waals surface area contributed by atoms with Crippen LogP contribution in [0.3, 0.4) is 0 Å². The second-order valence-corrected chi connectivity index (χ2v) is 8.87. The summed E-state index contributed by atoms with van der Waals surface area (Å²) in [5.74, 6) is 0.762. The van der Waals surface area contributed by atoms with Crippen molar-refractivity contribution in [1.29, 1.82) is 0 Å². The van der Waals surface area contributed by atoms with Crippen molar-refractivity contribution in [2.24, 2.45) is 0 Å². The highest BCUT2D eigenvalue weighted by molar-refractivity contribution is 6.32. The molecule has 1 amide bonds. The summed E-state index contributed by atoms with van der Waals surface area (Å²) in [5, 5.41) is 16.7. The molecule has 1 aliphatic rings. The average molecular weight is 440 g/mol. The lowest BCUT2D eigenvalue weighted by molar-refractivity contribution is -0.123. The molecule has 4 rings (SSSR count). The number of pyridine rings is 1. The van der Waals surface area contributed by atoms with E-state index in [0.717, 1.165) is 42.0 Å². The number of phenolic OH excluding ortho intramolecular Hbond substituents is 1. The van der Waals surface area contributed by atoms with E-state index in [4.69, 9.17) is 16.6 Å². The van der Waals surface area contributed by atoms with Crippen molar-refractivity contribution < 1.29 is 9.90 Å². The Hall–Kier alpha value is -2.90. The number of nitrogens with zero attached hydrogens (tertiary/aromatic N) is 2. The Kier molecular flexibility index (Phi) is 5.98. The Balaban J connectivity index is 1.66. The number of halogens is 1. The molecule has 0 radical (unpaired) electrons. The summed E-state index contributed by atoms with van der Waals surface area (Å²) in [6, 6.07) is 8.76. The van der Waals surface area contributed by atoms with Gasteiger partial charge in [0.2, 0.25) is 5.91 Å². The molecule has 0 saturated carbocycles. The summed E-state index contributed by atoms with van der Waals surface area (Å²) in [7, 11) is 0. The summed E-state index contributed by atoms with van der Waals surface area (Å²) < 4.78 is 0. The van der Waals surface area contributed by atoms with Gasteiger partial charge in [-0.25, -0.2) is 4.98 Å². The SMILES string of the molecule is CC(C)(CNC(=O)[C@H]1CCCN1)c1nc(-c2ccc(Cl)c(O)c2)c(-c2ccncc2)[nH]1. The lowest BCUT2D eigenvalue weighted by Gasteiger charge is -2.23. The fourth-order valence-electron chi connectivity index (χ4n) is 3.71. The number of rotatable bonds is 6. The average Bonchev–Trinajstić information content (AvgIpc) is 3.45. The molecule has 2 aromatic heterocycles. The number of amides is 1. The predicted octanol–water partition coefficient (Wildman–Crippen LogP) is 3.64. The molecule has 162 valence electrons. The van der Waals surface area contributed by atoms with Gasteiger partial charge in [-0.3, -0.25) is 9.78 Å². The molecule has 1 aliphatic heterocycles. The van der Waals surface area contributed by atoms with Gasteiger partial charge in [0.1, 0.15) is 11.6 Å². The minimum absolute atomic E-state index is 0.0000165. The van der Waals surface area contributed by atoms with Crippen LogP contribution in [0.25, 0.3) is 22.5 Å². The van der Waals surface area contributed by atoms with Gasteiger partial charge in [0, 0.05) is 35.5 Å². The van der Waals surface area contributed by atoms with E-state index >= 15 is 0 Å². The van der Waals surface area contributed by atoms with Crippen LogP contribution in [0.2, 0.25) is 5.02 Å². The number of aromatic hydroxyl groups is 1. The minimum atomic E-state index is -0.442. The maximum absolute atomic E-state index is 12.5. The van der Waals surface area contributed by atoms with Crippen LogP contribution in [-0.4, -0.2) is 45.1 Å². The van der Waals surface area contributed by atoms with E-state index in [0.29, 0.717) is 12.2 Å². The van der Waals surface area contributed by atoms with Crippen LogP contribution in [0.1, 0.15) is 32.5 Å². The number of aromatic amines is 1. The van der Waals surface area contributed by atoms with Crippen molar-refractivity contribution >= 4 is 17.5 Å². The first-order chi connectivity index (χ1) is 14.8. The third kappa shape index (κ3) is 4.57. The Labute approximate surface area is 186 Å². The van der Waals surface area contributed by atoms with E-state index in [-0.39, 0.29) is 22.7 Å². The van der Waals surface area contributed by atoms with Crippen molar-refractivity contribution in [3.63, 3.8) is 0 Å². The maximum Gasteiger partial charge on any atom is 0.237 e. The number of H-pyrrole nitrogens is 1. The minimum Gasteiger partial charge on any atom is -0.506 e. The quantitative estimate of drug-likeness (QED) is 0.469. The van der Waals surface area contributed by atoms with Crippen LogP contribution in [0, 0.1) is 0 Å². The highest BCUT2D eigenvalue weighted by Crippen LogP contribution is 2.36. The molecule has 3 heterocycles. The molecule has 0 bridgehead atoms. The fourth-order valence-corrected chi connectivity index (χ4v) is 3.83. The van der Waals surface area contributed by atoms with E-state index in [9.17, 15) is 9.90 Å². The molecule has 0 spiro atoms. The molecule has 4 N–H and O–H groups in total. The Morgan fingerprint density at radius 3 is 2.71 bits per heavy atom. The van der Waals surface area contributed by atoms with Crippen molar-refractivity contribution in [1.82, 2.24) is 25.6 Å². The van der Waals surface area contributed by atoms with Crippen molar-refractivity contribution in [2.75, 3.05) is 13.1 Å². The van der Waals surface area contributed by atoms with Gasteiger partial charge in [-0.2, -0.15) is 0 Å². The standard InChI is InChI=1S/C23H26ClN5O2/c1-23(2,13-27-21(31)17-4-3-9-26-17)22-28-19(14-7-10-25-11-8-14)20(29-22)15-5-6-16(24)18(30)12-15/h5-8,10-12,17,26,30H,3-4,9,13H2,1-2H3,(H,27,31)(H,28,29)/t17-/m1/s1. The lowest BCUT2D eigenvalue weighted by Crippen LogP contribution is -2.45. The molecular formula is C23H26ClN5O2. The number of aromatic nitrogens is 3. The molecule has 7 nitrogen and oxygen atoms in total. The number of benzene rings is 1. The molecule has 0 aliphatic carbocycles. The Bertz CT molecular complexity index is 1070. The van der Waals surface area contributed by atoms with Gasteiger partial charge in [-0.05, 0) is 43.7 Å². The normalized spacial score (nSPS) is 16.4. The zero-order valence-corrected chi connectivity index (χ0v) is 18.3. The largest absolute Gasteiger partial charge is 0.506 e. The molecule has 1 atom stereocenters. The van der Waals surface area contributed by atoms with Gasteiger partial charge in [0.05, 0.1) is 22.5 Å². The van der Waals surface area contributed by atoms with Gasteiger partial charge in [-0.1, -0.05) is 31.5 Å². The van der Waals surface area contributed by atoms with Gasteiger partial charge < -0.3 is 20.7 Å². The number of phenols is 1. The molecule has 1 fully saturated rings. The first-order valence-corrected chi connectivity index (χ1v) is 10.7. The first-order valence-electron chi connectivity index (χ1n) is 10.4. The summed E-state index contributed by atoms with van der Waals surface area (Å²) in [6.07, 6.45) is 5.33. The van der Waals surface area contributed by atoms with Crippen LogP contribution < -0.4 is 10.6 Å². The summed E-state index contributed by atoms with van der Waals surface area (Å²) in [6.45, 7) is 5.39. The number of carbonyl (C=O) groups excluding carboxylic acids is 1. The van der Waals surface area contributed by atoms with E-state index in [1.54, 1.807) is 24.5 Å². The maximum atomic E-state index is 12.5. The monoisotopic (exact) mass is 439 g/mol. The first kappa shape index (κ1) is 21.3. The van der Waals surface area contributed by atoms with E-state index in [1.165, 1.54) is 0 Å². The van der Waals surface area contributed by atoms with E-state index < -0.39 is 5.41 Å². The summed E-state index contributed by atoms with van der Waals surface area (Å²) in [5.41, 5.74) is 2.74. The Morgan fingerprint density at radius 1 is 1.26 bits per heavy atom. The summed E-state index contributed by atoms with van der Waals surface area (Å²) in [4.78, 5) is 24.9. The molecule has 1 aromatic carbocycles. The number of nitrogens with one attached hydrogen (secondary N) is 3. The summed E-state index contributed by atoms with van der Waals surface area (Å²) >= 11 is 6.00. The second kappa shape index (κ2) is 8.69. The topological polar surface area (TPSA) is 103 Å². The van der Waals surface area contributed by atoms with Gasteiger partial charge in [-0.15, -0.1) is 0 Å². The molecule has 1 saturated heterocycles. The Morgan fingerprint density at radius 2 is 2.03 bits per heavy atom. The third-order valence-corrected chi connectivity index (χ3v) is 5.93. The third-order valence-electron chi connectivity index (χ3n) is 5.61. The number of hydrogen-bond donors (Lipinski definition) is 4. The van der Waals surface area contributed by atoms with Gasteiger partial charge >= 0.3 is 0 Å². The van der Waals surface area contributed by atoms with Gasteiger partial charge in [0.25, 0.3) is 0 Å². The van der Waals surface area contributed by atoms with Gasteiger partial charge in [0.15, 0.2) is 0 Å². The van der Waals surface area contributed by atoms with Crippen LogP contribution >= 0.6 is 11.6 Å². The number of imidazole rings is 1. The molecule has 3 aromatic rings. The molecule has 8 heteroatoms. The highest BCUT2D eigenvalue weighted by Gasteiger charge is 2.29. The molecule has 0 unspecified atom stereocenters. The molecule has 31 heavy (non-hydrogen) atoms. The highest BCUT2D eigenvalue weighted by atomic mass is 35.5. The lowest BCUT2D eigenvalue weighted by atomic mass is 9.92. The van der Waals surface area contributed by atoms with Crippen LogP contribution in [0.5, 0.6) is 5.75 Å². The van der Waals surface area contributed by atoms with Crippen molar-refractivity contribution in [2.45, 2.75) is 38.1 Å². The number of hydrogen-bond acceptors (Lipinski definition) is 5. The van der Waals surface area contributed by atoms with Crippen molar-refractivity contribution in [3.8, 4) is 28.3 Å². The van der Waals surface area contributed by atoms with Crippen molar-refractivity contribution in [3.05, 3.63) is 53.6 Å². The zero-order chi connectivity index (χ0) is 22.0. The second-order valence-electron chi connectivity index (χ2n) is 8.46. The van der Waals surface area contributed by atoms with E-state index in [1.807, 2.05) is 32.0 Å². The predicted molar refractivity (Wildman–Crippen MR) is 121 cm³/mol. The fraction of sp³-hybridized carbons (Fsp3) is 0.348. The zero-order valence-electron chi connectivity index (χ0n) is 17.6. The van der Waals surface area contributed by atoms with E-state index in [2.05, 4.69) is 20.6 Å². The molecular weight excluding hydrogens is 414 g/mol. The van der Waals surface area contributed by atoms with Crippen LogP contribution in [-0.2, 0) is 10.2 Å². The van der Waals surface area contributed by atoms with Crippen LogP contribution in [0.15, 0.2) is 42.7 Å².